The van der Waals surface area contributed by atoms with Crippen LogP contribution in [-0.4, -0.2) is 42.1 Å². The van der Waals surface area contributed by atoms with Gasteiger partial charge in [0.15, 0.2) is 5.96 Å². The van der Waals surface area contributed by atoms with Crippen molar-refractivity contribution in [2.45, 2.75) is 25.9 Å². The molecule has 6 nitrogen and oxygen atoms in total. The van der Waals surface area contributed by atoms with Gasteiger partial charge in [0.1, 0.15) is 10.8 Å². The maximum atomic E-state index is 6.24. The standard InChI is InChI=1S/C16H21ClN6S/c1-11-8-20-14(24-11)9-21-16(18-2)22-12-5-7-23(10-12)15-13(17)4-3-6-19-15/h3-4,6,8,12H,5,7,9-10H2,1-2H3,(H2,18,21,22). The lowest BCUT2D eigenvalue weighted by atomic mass is 10.3. The van der Waals surface area contributed by atoms with E-state index in [1.165, 1.54) is 4.88 Å². The van der Waals surface area contributed by atoms with E-state index >= 15 is 0 Å². The van der Waals surface area contributed by atoms with Gasteiger partial charge in [0, 0.05) is 43.4 Å². The Bertz CT molecular complexity index is 716. The van der Waals surface area contributed by atoms with Crippen molar-refractivity contribution in [3.63, 3.8) is 0 Å². The van der Waals surface area contributed by atoms with Crippen molar-refractivity contribution >= 4 is 34.7 Å². The fourth-order valence-corrected chi connectivity index (χ4v) is 3.68. The molecule has 2 aromatic heterocycles. The molecule has 8 heteroatoms. The van der Waals surface area contributed by atoms with Gasteiger partial charge in [-0.1, -0.05) is 11.6 Å². The summed E-state index contributed by atoms with van der Waals surface area (Å²) >= 11 is 7.93. The monoisotopic (exact) mass is 364 g/mol. The summed E-state index contributed by atoms with van der Waals surface area (Å²) in [5.74, 6) is 1.64. The van der Waals surface area contributed by atoms with Crippen LogP contribution in [0, 0.1) is 6.92 Å². The van der Waals surface area contributed by atoms with E-state index in [1.54, 1.807) is 24.6 Å². The Labute approximate surface area is 151 Å². The molecule has 1 fully saturated rings. The van der Waals surface area contributed by atoms with Gasteiger partial charge in [0.25, 0.3) is 0 Å². The number of aliphatic imine (C=N–C) groups is 1. The Morgan fingerprint density at radius 1 is 1.50 bits per heavy atom. The minimum atomic E-state index is 0.312. The topological polar surface area (TPSA) is 65.4 Å². The van der Waals surface area contributed by atoms with Gasteiger partial charge in [-0.05, 0) is 25.5 Å². The van der Waals surface area contributed by atoms with Gasteiger partial charge in [-0.25, -0.2) is 9.97 Å². The van der Waals surface area contributed by atoms with Crippen molar-refractivity contribution in [3.05, 3.63) is 39.4 Å². The van der Waals surface area contributed by atoms with Crippen LogP contribution in [0.5, 0.6) is 0 Å². The minimum Gasteiger partial charge on any atom is -0.353 e. The van der Waals surface area contributed by atoms with Crippen molar-refractivity contribution in [2.75, 3.05) is 25.0 Å². The average molecular weight is 365 g/mol. The lowest BCUT2D eigenvalue weighted by Gasteiger charge is -2.20. The molecule has 24 heavy (non-hydrogen) atoms. The Morgan fingerprint density at radius 2 is 2.38 bits per heavy atom. The van der Waals surface area contributed by atoms with Crippen LogP contribution in [0.4, 0.5) is 5.82 Å². The van der Waals surface area contributed by atoms with E-state index in [2.05, 4.69) is 37.4 Å². The molecule has 0 aliphatic carbocycles. The Balaban J connectivity index is 1.53. The number of aromatic nitrogens is 2. The number of rotatable bonds is 4. The van der Waals surface area contributed by atoms with E-state index < -0.39 is 0 Å². The van der Waals surface area contributed by atoms with Gasteiger partial charge in [-0.2, -0.15) is 0 Å². The number of nitrogens with one attached hydrogen (secondary N) is 2. The number of hydrogen-bond donors (Lipinski definition) is 2. The van der Waals surface area contributed by atoms with E-state index in [4.69, 9.17) is 11.6 Å². The molecular formula is C16H21ClN6S. The molecule has 1 unspecified atom stereocenters. The highest BCUT2D eigenvalue weighted by Crippen LogP contribution is 2.25. The normalized spacial score (nSPS) is 18.0. The minimum absolute atomic E-state index is 0.312. The SMILES string of the molecule is CN=C(NCc1ncc(C)s1)NC1CCN(c2ncccc2Cl)C1. The number of pyridine rings is 1. The van der Waals surface area contributed by atoms with Crippen molar-refractivity contribution in [2.24, 2.45) is 4.99 Å². The Kier molecular flexibility index (Phi) is 5.52. The summed E-state index contributed by atoms with van der Waals surface area (Å²) in [7, 11) is 1.78. The van der Waals surface area contributed by atoms with Crippen LogP contribution >= 0.6 is 22.9 Å². The number of thiazole rings is 1. The number of halogens is 1. The van der Waals surface area contributed by atoms with Gasteiger partial charge in [0.05, 0.1) is 11.6 Å². The second-order valence-corrected chi connectivity index (χ2v) is 7.40. The van der Waals surface area contributed by atoms with E-state index in [1.807, 2.05) is 18.3 Å². The molecule has 0 amide bonds. The molecule has 1 saturated heterocycles. The number of nitrogens with zero attached hydrogens (tertiary/aromatic N) is 4. The van der Waals surface area contributed by atoms with Crippen LogP contribution in [-0.2, 0) is 6.54 Å². The summed E-state index contributed by atoms with van der Waals surface area (Å²) in [6.45, 7) is 4.52. The lowest BCUT2D eigenvalue weighted by Crippen LogP contribution is -2.44. The summed E-state index contributed by atoms with van der Waals surface area (Å²) in [6, 6.07) is 4.04. The number of guanidine groups is 1. The van der Waals surface area contributed by atoms with E-state index in [0.29, 0.717) is 17.6 Å². The molecule has 128 valence electrons. The quantitative estimate of drug-likeness (QED) is 0.644. The fourth-order valence-electron chi connectivity index (χ4n) is 2.71. The van der Waals surface area contributed by atoms with Crippen LogP contribution < -0.4 is 15.5 Å². The highest BCUT2D eigenvalue weighted by molar-refractivity contribution is 7.11. The molecule has 3 rings (SSSR count). The van der Waals surface area contributed by atoms with Crippen LogP contribution in [0.1, 0.15) is 16.3 Å². The summed E-state index contributed by atoms with van der Waals surface area (Å²) in [4.78, 5) is 16.5. The molecule has 1 aliphatic heterocycles. The molecule has 2 aromatic rings. The number of anilines is 1. The highest BCUT2D eigenvalue weighted by atomic mass is 35.5. The first-order valence-corrected chi connectivity index (χ1v) is 9.09. The van der Waals surface area contributed by atoms with Gasteiger partial charge in [-0.15, -0.1) is 11.3 Å². The van der Waals surface area contributed by atoms with Crippen LogP contribution in [0.15, 0.2) is 29.5 Å². The first-order chi connectivity index (χ1) is 11.7. The van der Waals surface area contributed by atoms with E-state index in [9.17, 15) is 0 Å². The first kappa shape index (κ1) is 17.0. The average Bonchev–Trinajstić information content (AvgIpc) is 3.21. The largest absolute Gasteiger partial charge is 0.353 e. The van der Waals surface area contributed by atoms with Crippen molar-refractivity contribution < 1.29 is 0 Å². The molecule has 1 atom stereocenters. The molecule has 2 N–H and O–H groups in total. The van der Waals surface area contributed by atoms with E-state index in [-0.39, 0.29) is 0 Å². The summed E-state index contributed by atoms with van der Waals surface area (Å²) in [6.07, 6.45) is 4.69. The summed E-state index contributed by atoms with van der Waals surface area (Å²) in [5, 5.41) is 8.54. The molecule has 0 spiro atoms. The Hall–Kier alpha value is -1.86. The van der Waals surface area contributed by atoms with Gasteiger partial charge in [-0.3, -0.25) is 4.99 Å². The second-order valence-electron chi connectivity index (χ2n) is 5.68. The molecule has 0 radical (unpaired) electrons. The molecule has 0 aromatic carbocycles. The highest BCUT2D eigenvalue weighted by Gasteiger charge is 2.25. The van der Waals surface area contributed by atoms with Crippen molar-refractivity contribution in [1.29, 1.82) is 0 Å². The van der Waals surface area contributed by atoms with Gasteiger partial charge in [0.2, 0.25) is 0 Å². The summed E-state index contributed by atoms with van der Waals surface area (Å²) < 4.78 is 0. The maximum absolute atomic E-state index is 6.24. The van der Waals surface area contributed by atoms with Crippen molar-refractivity contribution in [3.8, 4) is 0 Å². The molecule has 0 saturated carbocycles. The third-order valence-electron chi connectivity index (χ3n) is 3.87. The third-order valence-corrected chi connectivity index (χ3v) is 5.08. The molecule has 3 heterocycles. The van der Waals surface area contributed by atoms with E-state index in [0.717, 1.165) is 36.3 Å². The zero-order chi connectivity index (χ0) is 16.9. The summed E-state index contributed by atoms with van der Waals surface area (Å²) in [5.41, 5.74) is 0. The van der Waals surface area contributed by atoms with Gasteiger partial charge < -0.3 is 15.5 Å². The fraction of sp³-hybridized carbons (Fsp3) is 0.438. The molecule has 1 aliphatic rings. The number of aryl methyl sites for hydroxylation is 1. The lowest BCUT2D eigenvalue weighted by molar-refractivity contribution is 0.648. The predicted octanol–water partition coefficient (Wildman–Crippen LogP) is 2.44. The predicted molar refractivity (Wildman–Crippen MR) is 100 cm³/mol. The third kappa shape index (κ3) is 4.15. The maximum Gasteiger partial charge on any atom is 0.191 e. The van der Waals surface area contributed by atoms with Crippen molar-refractivity contribution in [1.82, 2.24) is 20.6 Å². The zero-order valence-electron chi connectivity index (χ0n) is 13.8. The smallest absolute Gasteiger partial charge is 0.191 e. The molecule has 0 bridgehead atoms. The zero-order valence-corrected chi connectivity index (χ0v) is 15.4. The van der Waals surface area contributed by atoms with Crippen LogP contribution in [0.25, 0.3) is 0 Å². The van der Waals surface area contributed by atoms with Crippen LogP contribution in [0.3, 0.4) is 0 Å². The van der Waals surface area contributed by atoms with Gasteiger partial charge >= 0.3 is 0 Å². The van der Waals surface area contributed by atoms with Crippen LogP contribution in [0.2, 0.25) is 5.02 Å². The Morgan fingerprint density at radius 3 is 3.08 bits per heavy atom. The molecular weight excluding hydrogens is 344 g/mol. The number of hydrogen-bond acceptors (Lipinski definition) is 5. The first-order valence-electron chi connectivity index (χ1n) is 7.89. The second kappa shape index (κ2) is 7.81.